The van der Waals surface area contributed by atoms with Crippen LogP contribution < -0.4 is 10.5 Å². The predicted molar refractivity (Wildman–Crippen MR) is 78.1 cm³/mol. The molecule has 3 nitrogen and oxygen atoms in total. The van der Waals surface area contributed by atoms with E-state index in [1.807, 2.05) is 48.7 Å². The van der Waals surface area contributed by atoms with Gasteiger partial charge in [0.2, 0.25) is 0 Å². The molecule has 94 valence electrons. The van der Waals surface area contributed by atoms with Crippen LogP contribution in [0.1, 0.15) is 0 Å². The lowest BCUT2D eigenvalue weighted by atomic mass is 9.98. The number of anilines is 1. The number of aromatic nitrogens is 1. The average Bonchev–Trinajstić information content (AvgIpc) is 2.47. The van der Waals surface area contributed by atoms with E-state index < -0.39 is 0 Å². The number of nitrogens with zero attached hydrogens (tertiary/aromatic N) is 1. The Morgan fingerprint density at radius 3 is 2.53 bits per heavy atom. The summed E-state index contributed by atoms with van der Waals surface area (Å²) in [5, 5.41) is 2.22. The van der Waals surface area contributed by atoms with E-state index in [-0.39, 0.29) is 0 Å². The summed E-state index contributed by atoms with van der Waals surface area (Å²) in [6.45, 7) is 0. The molecule has 0 saturated heterocycles. The maximum Gasteiger partial charge on any atom is 0.127 e. The van der Waals surface area contributed by atoms with Gasteiger partial charge in [-0.15, -0.1) is 0 Å². The monoisotopic (exact) mass is 250 g/mol. The second kappa shape index (κ2) is 4.61. The highest BCUT2D eigenvalue weighted by Crippen LogP contribution is 2.36. The van der Waals surface area contributed by atoms with Crippen molar-refractivity contribution in [3.05, 3.63) is 54.9 Å². The van der Waals surface area contributed by atoms with E-state index in [9.17, 15) is 0 Å². The number of rotatable bonds is 2. The third-order valence-corrected chi connectivity index (χ3v) is 3.20. The average molecular weight is 250 g/mol. The molecule has 1 heterocycles. The molecule has 0 unspecified atom stereocenters. The summed E-state index contributed by atoms with van der Waals surface area (Å²) in [6, 6.07) is 13.8. The minimum atomic E-state index is 0.751. The van der Waals surface area contributed by atoms with Crippen LogP contribution in [0.25, 0.3) is 21.9 Å². The van der Waals surface area contributed by atoms with Crippen LogP contribution in [0, 0.1) is 0 Å². The molecule has 19 heavy (non-hydrogen) atoms. The van der Waals surface area contributed by atoms with Gasteiger partial charge in [-0.05, 0) is 35.2 Å². The number of nitrogen functional groups attached to an aromatic ring is 1. The van der Waals surface area contributed by atoms with Gasteiger partial charge < -0.3 is 10.5 Å². The molecule has 0 amide bonds. The zero-order valence-corrected chi connectivity index (χ0v) is 10.6. The number of hydrogen-bond donors (Lipinski definition) is 1. The van der Waals surface area contributed by atoms with Crippen molar-refractivity contribution in [1.29, 1.82) is 0 Å². The molecule has 0 saturated carbocycles. The molecule has 3 rings (SSSR count). The molecule has 0 spiro atoms. The lowest BCUT2D eigenvalue weighted by Crippen LogP contribution is -1.91. The highest BCUT2D eigenvalue weighted by Gasteiger charge is 2.10. The van der Waals surface area contributed by atoms with Crippen molar-refractivity contribution < 1.29 is 4.74 Å². The normalized spacial score (nSPS) is 10.6. The van der Waals surface area contributed by atoms with Gasteiger partial charge in [0.1, 0.15) is 5.75 Å². The van der Waals surface area contributed by atoms with Crippen molar-refractivity contribution in [2.45, 2.75) is 0 Å². The fourth-order valence-corrected chi connectivity index (χ4v) is 2.26. The summed E-state index contributed by atoms with van der Waals surface area (Å²) in [5.41, 5.74) is 8.62. The molecule has 3 heteroatoms. The first-order valence-corrected chi connectivity index (χ1v) is 6.06. The second-order valence-corrected chi connectivity index (χ2v) is 4.36. The third-order valence-electron chi connectivity index (χ3n) is 3.20. The van der Waals surface area contributed by atoms with E-state index in [1.54, 1.807) is 13.3 Å². The number of benzene rings is 2. The molecule has 2 N–H and O–H groups in total. The number of nitrogens with two attached hydrogens (primary N) is 1. The summed E-state index contributed by atoms with van der Waals surface area (Å²) < 4.78 is 5.48. The van der Waals surface area contributed by atoms with Crippen molar-refractivity contribution >= 4 is 16.5 Å². The Kier molecular flexibility index (Phi) is 2.80. The van der Waals surface area contributed by atoms with E-state index in [0.717, 1.165) is 33.3 Å². The van der Waals surface area contributed by atoms with Crippen molar-refractivity contribution in [3.8, 4) is 16.9 Å². The first kappa shape index (κ1) is 11.5. The zero-order valence-electron chi connectivity index (χ0n) is 10.6. The molecule has 2 aromatic carbocycles. The maximum absolute atomic E-state index is 5.74. The van der Waals surface area contributed by atoms with Crippen molar-refractivity contribution in [2.24, 2.45) is 0 Å². The maximum atomic E-state index is 5.74. The molecule has 0 atom stereocenters. The van der Waals surface area contributed by atoms with E-state index >= 15 is 0 Å². The number of hydrogen-bond acceptors (Lipinski definition) is 3. The quantitative estimate of drug-likeness (QED) is 0.708. The van der Waals surface area contributed by atoms with Crippen LogP contribution in [0.5, 0.6) is 5.75 Å². The molecule has 0 fully saturated rings. The van der Waals surface area contributed by atoms with E-state index in [1.165, 1.54) is 0 Å². The summed E-state index contributed by atoms with van der Waals surface area (Å²) in [4.78, 5) is 4.21. The zero-order chi connectivity index (χ0) is 13.2. The first-order chi connectivity index (χ1) is 9.29. The van der Waals surface area contributed by atoms with Gasteiger partial charge in [0.25, 0.3) is 0 Å². The van der Waals surface area contributed by atoms with Crippen LogP contribution in [0.3, 0.4) is 0 Å². The molecule has 0 aliphatic rings. The largest absolute Gasteiger partial charge is 0.496 e. The fourth-order valence-electron chi connectivity index (χ4n) is 2.26. The van der Waals surface area contributed by atoms with Gasteiger partial charge in [-0.25, -0.2) is 0 Å². The molecule has 0 aliphatic heterocycles. The predicted octanol–water partition coefficient (Wildman–Crippen LogP) is 3.49. The van der Waals surface area contributed by atoms with Gasteiger partial charge in [-0.2, -0.15) is 0 Å². The molecule has 3 aromatic rings. The standard InChI is InChI=1S/C16H14N2O/c1-19-15-7-4-11-8-9-18-10-14(11)16(15)12-2-5-13(17)6-3-12/h2-10H,17H2,1H3. The Morgan fingerprint density at radius 2 is 1.79 bits per heavy atom. The van der Waals surface area contributed by atoms with Gasteiger partial charge >= 0.3 is 0 Å². The Morgan fingerprint density at radius 1 is 1.00 bits per heavy atom. The van der Waals surface area contributed by atoms with Gasteiger partial charge in [0.05, 0.1) is 7.11 Å². The minimum Gasteiger partial charge on any atom is -0.496 e. The highest BCUT2D eigenvalue weighted by atomic mass is 16.5. The van der Waals surface area contributed by atoms with Gasteiger partial charge in [0, 0.05) is 29.0 Å². The first-order valence-electron chi connectivity index (χ1n) is 6.06. The minimum absolute atomic E-state index is 0.751. The van der Waals surface area contributed by atoms with Crippen LogP contribution in [0.15, 0.2) is 54.9 Å². The molecular weight excluding hydrogens is 236 g/mol. The molecule has 1 aromatic heterocycles. The van der Waals surface area contributed by atoms with Crippen LogP contribution in [0.4, 0.5) is 5.69 Å². The summed E-state index contributed by atoms with van der Waals surface area (Å²) in [5.74, 6) is 0.838. The van der Waals surface area contributed by atoms with E-state index in [0.29, 0.717) is 0 Å². The topological polar surface area (TPSA) is 48.1 Å². The second-order valence-electron chi connectivity index (χ2n) is 4.36. The SMILES string of the molecule is COc1ccc2ccncc2c1-c1ccc(N)cc1. The Bertz CT molecular complexity index is 720. The fraction of sp³-hybridized carbons (Fsp3) is 0.0625. The van der Waals surface area contributed by atoms with Crippen molar-refractivity contribution in [3.63, 3.8) is 0 Å². The third kappa shape index (κ3) is 1.99. The van der Waals surface area contributed by atoms with Crippen LogP contribution >= 0.6 is 0 Å². The van der Waals surface area contributed by atoms with Crippen molar-refractivity contribution in [2.75, 3.05) is 12.8 Å². The van der Waals surface area contributed by atoms with E-state index in [4.69, 9.17) is 10.5 Å². The number of fused-ring (bicyclic) bond motifs is 1. The number of pyridine rings is 1. The molecule has 0 aliphatic carbocycles. The van der Waals surface area contributed by atoms with Crippen LogP contribution in [-0.4, -0.2) is 12.1 Å². The Hall–Kier alpha value is -2.55. The van der Waals surface area contributed by atoms with Crippen LogP contribution in [-0.2, 0) is 0 Å². The molecule has 0 bridgehead atoms. The molecular formula is C16H14N2O. The lowest BCUT2D eigenvalue weighted by Gasteiger charge is -2.12. The van der Waals surface area contributed by atoms with E-state index in [2.05, 4.69) is 4.98 Å². The summed E-state index contributed by atoms with van der Waals surface area (Å²) in [6.07, 6.45) is 3.66. The highest BCUT2D eigenvalue weighted by molar-refractivity contribution is 5.99. The number of ether oxygens (including phenoxy) is 1. The van der Waals surface area contributed by atoms with Gasteiger partial charge in [-0.1, -0.05) is 18.2 Å². The summed E-state index contributed by atoms with van der Waals surface area (Å²) >= 11 is 0. The number of methoxy groups -OCH3 is 1. The molecule has 0 radical (unpaired) electrons. The Labute approximate surface area is 111 Å². The smallest absolute Gasteiger partial charge is 0.127 e. The lowest BCUT2D eigenvalue weighted by molar-refractivity contribution is 0.417. The van der Waals surface area contributed by atoms with Gasteiger partial charge in [0.15, 0.2) is 0 Å². The van der Waals surface area contributed by atoms with Gasteiger partial charge in [-0.3, -0.25) is 4.98 Å². The Balaban J connectivity index is 2.33. The van der Waals surface area contributed by atoms with Crippen molar-refractivity contribution in [1.82, 2.24) is 4.98 Å². The summed E-state index contributed by atoms with van der Waals surface area (Å²) in [7, 11) is 1.68. The van der Waals surface area contributed by atoms with Crippen LogP contribution in [0.2, 0.25) is 0 Å².